The van der Waals surface area contributed by atoms with Crippen LogP contribution in [0.15, 0.2) is 47.4 Å². The molecule has 0 atom stereocenters. The van der Waals surface area contributed by atoms with E-state index in [2.05, 4.69) is 12.1 Å². The number of hydrogen-bond acceptors (Lipinski definition) is 3. The van der Waals surface area contributed by atoms with Gasteiger partial charge in [-0.05, 0) is 43.2 Å². The maximum atomic E-state index is 13.0. The van der Waals surface area contributed by atoms with Crippen molar-refractivity contribution in [2.45, 2.75) is 25.2 Å². The second-order valence-electron chi connectivity index (χ2n) is 7.27. The SMILES string of the molecule is COc1ccc(CC[NH+]2CCN(S(=O)(=O)c3ccc(C)cc3C)CC2)cc1. The molecule has 27 heavy (non-hydrogen) atoms. The van der Waals surface area contributed by atoms with Crippen molar-refractivity contribution in [1.29, 1.82) is 0 Å². The Kier molecular flexibility index (Phi) is 6.19. The molecule has 1 saturated heterocycles. The number of rotatable bonds is 6. The molecular weight excluding hydrogens is 360 g/mol. The molecule has 0 unspecified atom stereocenters. The summed E-state index contributed by atoms with van der Waals surface area (Å²) in [4.78, 5) is 1.90. The van der Waals surface area contributed by atoms with Crippen LogP contribution in [0.3, 0.4) is 0 Å². The van der Waals surface area contributed by atoms with E-state index in [1.54, 1.807) is 17.5 Å². The average Bonchev–Trinajstić information content (AvgIpc) is 2.67. The van der Waals surface area contributed by atoms with Gasteiger partial charge in [-0.15, -0.1) is 0 Å². The smallest absolute Gasteiger partial charge is 0.243 e. The maximum absolute atomic E-state index is 13.0. The van der Waals surface area contributed by atoms with Crippen molar-refractivity contribution in [3.05, 3.63) is 59.2 Å². The van der Waals surface area contributed by atoms with Crippen molar-refractivity contribution in [2.75, 3.05) is 39.8 Å². The van der Waals surface area contributed by atoms with Crippen LogP contribution in [-0.2, 0) is 16.4 Å². The minimum atomic E-state index is -3.40. The third-order valence-electron chi connectivity index (χ3n) is 5.30. The third kappa shape index (κ3) is 4.69. The minimum Gasteiger partial charge on any atom is -0.497 e. The maximum Gasteiger partial charge on any atom is 0.243 e. The van der Waals surface area contributed by atoms with E-state index in [9.17, 15) is 8.42 Å². The van der Waals surface area contributed by atoms with Crippen LogP contribution >= 0.6 is 0 Å². The molecule has 3 rings (SSSR count). The Morgan fingerprint density at radius 1 is 1.04 bits per heavy atom. The number of sulfonamides is 1. The number of quaternary nitrogens is 1. The lowest BCUT2D eigenvalue weighted by atomic mass is 10.1. The highest BCUT2D eigenvalue weighted by molar-refractivity contribution is 7.89. The molecule has 1 N–H and O–H groups in total. The van der Waals surface area contributed by atoms with Crippen LogP contribution < -0.4 is 9.64 Å². The average molecular weight is 390 g/mol. The van der Waals surface area contributed by atoms with Gasteiger partial charge in [0, 0.05) is 6.42 Å². The molecule has 1 fully saturated rings. The van der Waals surface area contributed by atoms with Gasteiger partial charge < -0.3 is 9.64 Å². The summed E-state index contributed by atoms with van der Waals surface area (Å²) in [5, 5.41) is 0. The Labute approximate surface area is 162 Å². The van der Waals surface area contributed by atoms with Gasteiger partial charge in [-0.1, -0.05) is 29.8 Å². The topological polar surface area (TPSA) is 51.1 Å². The molecule has 0 aliphatic carbocycles. The highest BCUT2D eigenvalue weighted by Crippen LogP contribution is 2.21. The summed E-state index contributed by atoms with van der Waals surface area (Å²) in [7, 11) is -1.73. The number of nitrogens with zero attached hydrogens (tertiary/aromatic N) is 1. The zero-order valence-electron chi connectivity index (χ0n) is 16.4. The summed E-state index contributed by atoms with van der Waals surface area (Å²) in [5.41, 5.74) is 3.19. The van der Waals surface area contributed by atoms with Crippen molar-refractivity contribution in [3.63, 3.8) is 0 Å². The predicted molar refractivity (Wildman–Crippen MR) is 107 cm³/mol. The molecule has 1 aliphatic heterocycles. The van der Waals surface area contributed by atoms with E-state index in [0.717, 1.165) is 42.9 Å². The highest BCUT2D eigenvalue weighted by atomic mass is 32.2. The summed E-state index contributed by atoms with van der Waals surface area (Å²) in [6.07, 6.45) is 0.989. The number of ether oxygens (including phenoxy) is 1. The number of aryl methyl sites for hydroxylation is 2. The second-order valence-corrected chi connectivity index (χ2v) is 9.18. The molecule has 146 valence electrons. The number of benzene rings is 2. The lowest BCUT2D eigenvalue weighted by Crippen LogP contribution is -3.15. The van der Waals surface area contributed by atoms with Crippen LogP contribution in [0, 0.1) is 13.8 Å². The summed E-state index contributed by atoms with van der Waals surface area (Å²) < 4.78 is 32.8. The molecule has 0 amide bonds. The van der Waals surface area contributed by atoms with Gasteiger partial charge in [-0.25, -0.2) is 8.42 Å². The normalized spacial score (nSPS) is 16.4. The van der Waals surface area contributed by atoms with E-state index in [1.165, 1.54) is 10.5 Å². The summed E-state index contributed by atoms with van der Waals surface area (Å²) >= 11 is 0. The van der Waals surface area contributed by atoms with Crippen molar-refractivity contribution < 1.29 is 18.1 Å². The lowest BCUT2D eigenvalue weighted by molar-refractivity contribution is -0.903. The summed E-state index contributed by atoms with van der Waals surface area (Å²) in [6.45, 7) is 7.72. The van der Waals surface area contributed by atoms with Gasteiger partial charge >= 0.3 is 0 Å². The number of piperazine rings is 1. The monoisotopic (exact) mass is 389 g/mol. The van der Waals surface area contributed by atoms with Crippen LogP contribution in [0.25, 0.3) is 0 Å². The standard InChI is InChI=1S/C21H28N2O3S/c1-17-4-9-21(18(2)16-17)27(24,25)23-14-12-22(13-15-23)11-10-19-5-7-20(26-3)8-6-19/h4-9,16H,10-15H2,1-3H3/p+1. The van der Waals surface area contributed by atoms with E-state index < -0.39 is 10.0 Å². The first-order valence-corrected chi connectivity index (χ1v) is 10.9. The fraction of sp³-hybridized carbons (Fsp3) is 0.429. The fourth-order valence-electron chi connectivity index (χ4n) is 3.63. The Bertz CT molecular complexity index is 871. The van der Waals surface area contributed by atoms with Crippen molar-refractivity contribution in [1.82, 2.24) is 4.31 Å². The second kappa shape index (κ2) is 8.42. The molecular formula is C21H29N2O3S+. The largest absolute Gasteiger partial charge is 0.497 e. The van der Waals surface area contributed by atoms with E-state index in [-0.39, 0.29) is 0 Å². The third-order valence-corrected chi connectivity index (χ3v) is 7.36. The first-order chi connectivity index (χ1) is 12.9. The zero-order valence-corrected chi connectivity index (χ0v) is 17.2. The Balaban J connectivity index is 1.56. The molecule has 0 spiro atoms. The van der Waals surface area contributed by atoms with Gasteiger partial charge in [0.05, 0.1) is 44.7 Å². The van der Waals surface area contributed by atoms with Crippen molar-refractivity contribution in [3.8, 4) is 5.75 Å². The van der Waals surface area contributed by atoms with Crippen LogP contribution in [0.1, 0.15) is 16.7 Å². The summed E-state index contributed by atoms with van der Waals surface area (Å²) in [5.74, 6) is 0.872. The molecule has 1 aliphatic rings. The number of hydrogen-bond donors (Lipinski definition) is 1. The Morgan fingerprint density at radius 2 is 1.70 bits per heavy atom. The molecule has 1 heterocycles. The Morgan fingerprint density at radius 3 is 2.30 bits per heavy atom. The van der Waals surface area contributed by atoms with Gasteiger partial charge in [-0.2, -0.15) is 4.31 Å². The minimum absolute atomic E-state index is 0.440. The van der Waals surface area contributed by atoms with Gasteiger partial charge in [0.25, 0.3) is 0 Å². The van der Waals surface area contributed by atoms with Gasteiger partial charge in [-0.3, -0.25) is 0 Å². The first-order valence-electron chi connectivity index (χ1n) is 9.44. The fourth-order valence-corrected chi connectivity index (χ4v) is 5.28. The molecule has 0 radical (unpaired) electrons. The number of nitrogens with one attached hydrogen (secondary N) is 1. The molecule has 0 bridgehead atoms. The molecule has 5 nitrogen and oxygen atoms in total. The molecule has 0 aromatic heterocycles. The quantitative estimate of drug-likeness (QED) is 0.814. The molecule has 2 aromatic carbocycles. The Hall–Kier alpha value is -1.89. The zero-order chi connectivity index (χ0) is 19.4. The van der Waals surface area contributed by atoms with E-state index in [1.807, 2.05) is 38.1 Å². The number of methoxy groups -OCH3 is 1. The highest BCUT2D eigenvalue weighted by Gasteiger charge is 2.31. The van der Waals surface area contributed by atoms with Crippen LogP contribution in [0.4, 0.5) is 0 Å². The van der Waals surface area contributed by atoms with Crippen molar-refractivity contribution >= 4 is 10.0 Å². The van der Waals surface area contributed by atoms with Crippen LogP contribution in [-0.4, -0.2) is 52.6 Å². The predicted octanol–water partition coefficient (Wildman–Crippen LogP) is 1.44. The van der Waals surface area contributed by atoms with Gasteiger partial charge in [0.15, 0.2) is 0 Å². The lowest BCUT2D eigenvalue weighted by Gasteiger charge is -2.32. The van der Waals surface area contributed by atoms with E-state index in [0.29, 0.717) is 18.0 Å². The summed E-state index contributed by atoms with van der Waals surface area (Å²) in [6, 6.07) is 13.7. The van der Waals surface area contributed by atoms with Crippen LogP contribution in [0.2, 0.25) is 0 Å². The van der Waals surface area contributed by atoms with Crippen molar-refractivity contribution in [2.24, 2.45) is 0 Å². The van der Waals surface area contributed by atoms with E-state index in [4.69, 9.17) is 4.74 Å². The molecule has 0 saturated carbocycles. The van der Waals surface area contributed by atoms with Gasteiger partial charge in [0.2, 0.25) is 10.0 Å². The van der Waals surface area contributed by atoms with Crippen LogP contribution in [0.5, 0.6) is 5.75 Å². The van der Waals surface area contributed by atoms with E-state index >= 15 is 0 Å². The molecule has 6 heteroatoms. The first kappa shape index (κ1) is 19.9. The van der Waals surface area contributed by atoms with Gasteiger partial charge in [0.1, 0.15) is 5.75 Å². The molecule has 2 aromatic rings.